The summed E-state index contributed by atoms with van der Waals surface area (Å²) in [6, 6.07) is 13.3. The molecule has 6 heteroatoms. The Hall–Kier alpha value is -1.95. The van der Waals surface area contributed by atoms with Crippen LogP contribution in [0.3, 0.4) is 0 Å². The van der Waals surface area contributed by atoms with Crippen molar-refractivity contribution in [2.75, 3.05) is 32.8 Å². The first kappa shape index (κ1) is 17.9. The van der Waals surface area contributed by atoms with Crippen molar-refractivity contribution in [3.05, 3.63) is 70.5 Å². The molecule has 1 saturated heterocycles. The molecule has 25 heavy (non-hydrogen) atoms. The lowest BCUT2D eigenvalue weighted by molar-refractivity contribution is 0.0162. The third-order valence-corrected chi connectivity index (χ3v) is 4.62. The largest absolute Gasteiger partial charge is 0.379 e. The molecule has 0 spiro atoms. The van der Waals surface area contributed by atoms with Crippen LogP contribution in [0.5, 0.6) is 0 Å². The van der Waals surface area contributed by atoms with Crippen LogP contribution in [0.2, 0.25) is 5.02 Å². The van der Waals surface area contributed by atoms with Crippen LogP contribution in [0, 0.1) is 5.82 Å². The molecule has 1 aliphatic heterocycles. The van der Waals surface area contributed by atoms with Crippen LogP contribution >= 0.6 is 11.6 Å². The average molecular weight is 363 g/mol. The van der Waals surface area contributed by atoms with Gasteiger partial charge in [0, 0.05) is 19.6 Å². The van der Waals surface area contributed by atoms with E-state index in [0.717, 1.165) is 18.7 Å². The number of carbonyl (C=O) groups excluding carboxylic acids is 1. The highest BCUT2D eigenvalue weighted by Crippen LogP contribution is 2.22. The van der Waals surface area contributed by atoms with Gasteiger partial charge < -0.3 is 10.1 Å². The summed E-state index contributed by atoms with van der Waals surface area (Å²) in [4.78, 5) is 14.6. The number of amides is 1. The first-order valence-corrected chi connectivity index (χ1v) is 8.63. The molecule has 4 nitrogen and oxygen atoms in total. The highest BCUT2D eigenvalue weighted by Gasteiger charge is 2.24. The summed E-state index contributed by atoms with van der Waals surface area (Å²) in [7, 11) is 0. The molecule has 1 heterocycles. The zero-order valence-corrected chi connectivity index (χ0v) is 14.5. The lowest BCUT2D eigenvalue weighted by atomic mass is 10.0. The number of ether oxygens (including phenoxy) is 1. The quantitative estimate of drug-likeness (QED) is 0.887. The molecule has 132 valence electrons. The maximum Gasteiger partial charge on any atom is 0.252 e. The van der Waals surface area contributed by atoms with Gasteiger partial charge in [-0.25, -0.2) is 4.39 Å². The van der Waals surface area contributed by atoms with Crippen LogP contribution in [0.1, 0.15) is 22.0 Å². The third kappa shape index (κ3) is 4.57. The minimum absolute atomic E-state index is 0.119. The predicted molar refractivity (Wildman–Crippen MR) is 95.3 cm³/mol. The van der Waals surface area contributed by atoms with Crippen molar-refractivity contribution in [1.82, 2.24) is 10.2 Å². The number of carbonyl (C=O) groups is 1. The van der Waals surface area contributed by atoms with E-state index in [9.17, 15) is 9.18 Å². The van der Waals surface area contributed by atoms with Gasteiger partial charge in [-0.05, 0) is 29.8 Å². The number of nitrogens with one attached hydrogen (secondary N) is 1. The highest BCUT2D eigenvalue weighted by atomic mass is 35.5. The molecule has 1 amide bonds. The smallest absolute Gasteiger partial charge is 0.252 e. The van der Waals surface area contributed by atoms with Crippen molar-refractivity contribution in [3.8, 4) is 0 Å². The Morgan fingerprint density at radius 1 is 1.20 bits per heavy atom. The molecule has 1 unspecified atom stereocenters. The van der Waals surface area contributed by atoms with Crippen molar-refractivity contribution in [2.45, 2.75) is 6.04 Å². The summed E-state index contributed by atoms with van der Waals surface area (Å²) in [5, 5.41) is 3.34. The number of hydrogen-bond acceptors (Lipinski definition) is 3. The van der Waals surface area contributed by atoms with E-state index in [2.05, 4.69) is 10.2 Å². The Kier molecular flexibility index (Phi) is 6.02. The number of benzene rings is 2. The predicted octanol–water partition coefficient (Wildman–Crippen LogP) is 3.28. The zero-order chi connectivity index (χ0) is 17.6. The van der Waals surface area contributed by atoms with Crippen LogP contribution in [0.15, 0.2) is 48.5 Å². The molecule has 1 fully saturated rings. The van der Waals surface area contributed by atoms with Crippen molar-refractivity contribution in [3.63, 3.8) is 0 Å². The number of morpholine rings is 1. The van der Waals surface area contributed by atoms with E-state index < -0.39 is 0 Å². The van der Waals surface area contributed by atoms with Crippen LogP contribution in [-0.4, -0.2) is 43.7 Å². The molecular weight excluding hydrogens is 343 g/mol. The molecule has 1 atom stereocenters. The van der Waals surface area contributed by atoms with E-state index >= 15 is 0 Å². The summed E-state index contributed by atoms with van der Waals surface area (Å²) in [5.74, 6) is -0.520. The van der Waals surface area contributed by atoms with Gasteiger partial charge in [-0.1, -0.05) is 35.9 Å². The summed E-state index contributed by atoms with van der Waals surface area (Å²) in [6.07, 6.45) is 0. The van der Waals surface area contributed by atoms with Crippen molar-refractivity contribution in [2.24, 2.45) is 0 Å². The second-order valence-corrected chi connectivity index (χ2v) is 6.32. The lowest BCUT2D eigenvalue weighted by Crippen LogP contribution is -2.43. The van der Waals surface area contributed by atoms with Gasteiger partial charge in [0.2, 0.25) is 0 Å². The molecule has 3 rings (SSSR count). The second kappa shape index (κ2) is 8.43. The van der Waals surface area contributed by atoms with E-state index in [-0.39, 0.29) is 17.8 Å². The van der Waals surface area contributed by atoms with E-state index in [0.29, 0.717) is 30.3 Å². The van der Waals surface area contributed by atoms with Gasteiger partial charge in [0.05, 0.1) is 29.8 Å². The van der Waals surface area contributed by atoms with Gasteiger partial charge in [-0.2, -0.15) is 0 Å². The Balaban J connectivity index is 1.75. The minimum Gasteiger partial charge on any atom is -0.379 e. The van der Waals surface area contributed by atoms with Crippen molar-refractivity contribution >= 4 is 17.5 Å². The van der Waals surface area contributed by atoms with Crippen LogP contribution in [0.25, 0.3) is 0 Å². The zero-order valence-electron chi connectivity index (χ0n) is 13.8. The SMILES string of the molecule is O=C(NCC(c1cccc(F)c1)N1CCOCC1)c1ccccc1Cl. The van der Waals surface area contributed by atoms with Gasteiger partial charge in [0.1, 0.15) is 5.82 Å². The van der Waals surface area contributed by atoms with Crippen molar-refractivity contribution < 1.29 is 13.9 Å². The number of rotatable bonds is 5. The Labute approximate surface area is 151 Å². The molecule has 2 aromatic carbocycles. The van der Waals surface area contributed by atoms with Crippen LogP contribution in [-0.2, 0) is 4.74 Å². The van der Waals surface area contributed by atoms with Crippen LogP contribution < -0.4 is 5.32 Å². The first-order valence-electron chi connectivity index (χ1n) is 8.25. The summed E-state index contributed by atoms with van der Waals surface area (Å²) < 4.78 is 19.1. The summed E-state index contributed by atoms with van der Waals surface area (Å²) in [6.45, 7) is 3.11. The molecule has 1 aliphatic rings. The molecule has 0 aliphatic carbocycles. The van der Waals surface area contributed by atoms with E-state index in [4.69, 9.17) is 16.3 Å². The number of hydrogen-bond donors (Lipinski definition) is 1. The van der Waals surface area contributed by atoms with E-state index in [1.807, 2.05) is 6.07 Å². The topological polar surface area (TPSA) is 41.6 Å². The second-order valence-electron chi connectivity index (χ2n) is 5.91. The lowest BCUT2D eigenvalue weighted by Gasteiger charge is -2.35. The molecule has 0 aromatic heterocycles. The number of nitrogens with zero attached hydrogens (tertiary/aromatic N) is 1. The van der Waals surface area contributed by atoms with Gasteiger partial charge in [0.25, 0.3) is 5.91 Å². The van der Waals surface area contributed by atoms with E-state index in [1.54, 1.807) is 30.3 Å². The molecule has 0 bridgehead atoms. The third-order valence-electron chi connectivity index (χ3n) is 4.29. The molecule has 0 radical (unpaired) electrons. The standard InChI is InChI=1S/C19H20ClFN2O2/c20-17-7-2-1-6-16(17)19(24)22-13-18(23-8-10-25-11-9-23)14-4-3-5-15(21)12-14/h1-7,12,18H,8-11,13H2,(H,22,24). The first-order chi connectivity index (χ1) is 12.1. The molecule has 0 saturated carbocycles. The highest BCUT2D eigenvalue weighted by molar-refractivity contribution is 6.33. The summed E-state index contributed by atoms with van der Waals surface area (Å²) in [5.41, 5.74) is 1.27. The molecule has 2 aromatic rings. The maximum absolute atomic E-state index is 13.7. The van der Waals surface area contributed by atoms with Gasteiger partial charge >= 0.3 is 0 Å². The number of halogens is 2. The Morgan fingerprint density at radius 2 is 1.96 bits per heavy atom. The molecule has 1 N–H and O–H groups in total. The van der Waals surface area contributed by atoms with Gasteiger partial charge in [-0.3, -0.25) is 9.69 Å². The fourth-order valence-corrected chi connectivity index (χ4v) is 3.21. The van der Waals surface area contributed by atoms with Crippen molar-refractivity contribution in [1.29, 1.82) is 0 Å². The minimum atomic E-state index is -0.284. The Bertz CT molecular complexity index is 735. The van der Waals surface area contributed by atoms with E-state index in [1.165, 1.54) is 12.1 Å². The van der Waals surface area contributed by atoms with Gasteiger partial charge in [0.15, 0.2) is 0 Å². The normalized spacial score (nSPS) is 16.4. The Morgan fingerprint density at radius 3 is 2.68 bits per heavy atom. The average Bonchev–Trinajstić information content (AvgIpc) is 2.63. The maximum atomic E-state index is 13.7. The molecular formula is C19H20ClFN2O2. The van der Waals surface area contributed by atoms with Crippen LogP contribution in [0.4, 0.5) is 4.39 Å². The summed E-state index contributed by atoms with van der Waals surface area (Å²) >= 11 is 6.08. The fraction of sp³-hybridized carbons (Fsp3) is 0.316. The fourth-order valence-electron chi connectivity index (χ4n) is 2.99. The van der Waals surface area contributed by atoms with Gasteiger partial charge in [-0.15, -0.1) is 0 Å². The monoisotopic (exact) mass is 362 g/mol.